The van der Waals surface area contributed by atoms with E-state index in [0.29, 0.717) is 12.2 Å². The number of aryl methyl sites for hydroxylation is 2. The Morgan fingerprint density at radius 2 is 1.94 bits per heavy atom. The fourth-order valence-electron chi connectivity index (χ4n) is 4.25. The lowest BCUT2D eigenvalue weighted by molar-refractivity contribution is -0.212. The first kappa shape index (κ1) is 25.5. The minimum Gasteiger partial charge on any atom is -0.383 e. The number of nitrogens with one attached hydrogen (secondary N) is 1. The molecule has 194 valence electrons. The third kappa shape index (κ3) is 4.76. The largest absolute Gasteiger partial charge is 0.398 e. The molecule has 3 aromatic rings. The van der Waals surface area contributed by atoms with Crippen LogP contribution in [0.4, 0.5) is 13.2 Å². The first-order chi connectivity index (χ1) is 17.0. The highest BCUT2D eigenvalue weighted by atomic mass is 19.4. The Balaban J connectivity index is 1.47. The zero-order valence-corrected chi connectivity index (χ0v) is 20.1. The van der Waals surface area contributed by atoms with E-state index in [-0.39, 0.29) is 49.7 Å². The van der Waals surface area contributed by atoms with Gasteiger partial charge < -0.3 is 9.72 Å². The second kappa shape index (κ2) is 9.84. The summed E-state index contributed by atoms with van der Waals surface area (Å²) < 4.78 is 48.5. The number of imidazole rings is 1. The van der Waals surface area contributed by atoms with Crippen molar-refractivity contribution in [1.82, 2.24) is 39.3 Å². The van der Waals surface area contributed by atoms with Gasteiger partial charge in [-0.1, -0.05) is 24.3 Å². The van der Waals surface area contributed by atoms with Crippen LogP contribution in [0.15, 0.2) is 33.9 Å². The van der Waals surface area contributed by atoms with Crippen molar-refractivity contribution >= 4 is 11.2 Å². The normalized spacial score (nSPS) is 20.0. The van der Waals surface area contributed by atoms with Gasteiger partial charge in [-0.25, -0.2) is 9.78 Å². The van der Waals surface area contributed by atoms with Gasteiger partial charge in [0.1, 0.15) is 11.3 Å². The van der Waals surface area contributed by atoms with Crippen molar-refractivity contribution in [2.75, 3.05) is 13.7 Å². The summed E-state index contributed by atoms with van der Waals surface area (Å²) in [6.45, 7) is 3.64. The molecule has 1 aliphatic carbocycles. The van der Waals surface area contributed by atoms with Gasteiger partial charge in [-0.2, -0.15) is 18.0 Å². The maximum Gasteiger partial charge on any atom is 0.398 e. The van der Waals surface area contributed by atoms with Gasteiger partial charge in [0.2, 0.25) is 0 Å². The average Bonchev–Trinajstić information content (AvgIpc) is 3.43. The van der Waals surface area contributed by atoms with Crippen LogP contribution in [0.2, 0.25) is 0 Å². The topological polar surface area (TPSA) is 126 Å². The van der Waals surface area contributed by atoms with E-state index in [1.165, 1.54) is 28.6 Å². The Bertz CT molecular complexity index is 1410. The van der Waals surface area contributed by atoms with Crippen molar-refractivity contribution < 1.29 is 17.9 Å². The molecule has 3 aromatic heterocycles. The summed E-state index contributed by atoms with van der Waals surface area (Å²) in [6, 6.07) is 0. The number of allylic oxidation sites excluding steroid dienone is 4. The predicted octanol–water partition coefficient (Wildman–Crippen LogP) is 1.77. The van der Waals surface area contributed by atoms with Crippen molar-refractivity contribution in [1.29, 1.82) is 0 Å². The molecule has 3 heterocycles. The molecule has 0 radical (unpaired) electrons. The third-order valence-electron chi connectivity index (χ3n) is 6.41. The van der Waals surface area contributed by atoms with E-state index in [0.717, 1.165) is 17.6 Å². The molecule has 4 rings (SSSR count). The Morgan fingerprint density at radius 3 is 2.67 bits per heavy atom. The highest BCUT2D eigenvalue weighted by Crippen LogP contribution is 2.48. The summed E-state index contributed by atoms with van der Waals surface area (Å²) in [7, 11) is 1.51. The number of ether oxygens (including phenoxy) is 1. The first-order valence-corrected chi connectivity index (χ1v) is 11.4. The van der Waals surface area contributed by atoms with Crippen molar-refractivity contribution in [3.05, 3.63) is 56.8 Å². The molecule has 0 aromatic carbocycles. The number of tetrazole rings is 1. The number of alkyl halides is 3. The number of fused-ring (bicyclic) bond motifs is 1. The van der Waals surface area contributed by atoms with Crippen LogP contribution in [-0.2, 0) is 30.8 Å². The zero-order chi connectivity index (χ0) is 26.1. The summed E-state index contributed by atoms with van der Waals surface area (Å²) in [6.07, 6.45) is 1.49. The molecule has 36 heavy (non-hydrogen) atoms. The van der Waals surface area contributed by atoms with E-state index in [1.807, 2.05) is 0 Å². The molecule has 0 spiro atoms. The monoisotopic (exact) mass is 508 g/mol. The molecular weight excluding hydrogens is 481 g/mol. The molecule has 0 amide bonds. The van der Waals surface area contributed by atoms with Crippen molar-refractivity contribution in [3.63, 3.8) is 0 Å². The lowest BCUT2D eigenvalue weighted by atomic mass is 9.72. The number of rotatable bonds is 9. The molecule has 0 bridgehead atoms. The molecule has 0 fully saturated rings. The number of hydrogen-bond acceptors (Lipinski definition) is 7. The van der Waals surface area contributed by atoms with Crippen LogP contribution in [0.5, 0.6) is 0 Å². The Hall–Kier alpha value is -3.55. The number of halogens is 3. The number of aromatic nitrogens is 8. The summed E-state index contributed by atoms with van der Waals surface area (Å²) >= 11 is 0. The van der Waals surface area contributed by atoms with Crippen molar-refractivity contribution in [2.24, 2.45) is 11.3 Å². The van der Waals surface area contributed by atoms with Crippen LogP contribution in [0.1, 0.15) is 25.0 Å². The maximum atomic E-state index is 13.7. The van der Waals surface area contributed by atoms with Crippen LogP contribution in [-0.4, -0.2) is 59.2 Å². The minimum absolute atomic E-state index is 0.0314. The van der Waals surface area contributed by atoms with Crippen LogP contribution in [0.3, 0.4) is 0 Å². The van der Waals surface area contributed by atoms with Gasteiger partial charge in [-0.05, 0) is 25.5 Å². The lowest BCUT2D eigenvalue weighted by Gasteiger charge is -2.36. The molecule has 0 saturated heterocycles. The molecule has 11 nitrogen and oxygen atoms in total. The maximum absolute atomic E-state index is 13.7. The molecule has 14 heteroatoms. The quantitative estimate of drug-likeness (QED) is 0.467. The Morgan fingerprint density at radius 1 is 1.17 bits per heavy atom. The van der Waals surface area contributed by atoms with Gasteiger partial charge in [-0.3, -0.25) is 13.9 Å². The number of H-pyrrole nitrogens is 1. The fraction of sp³-hybridized carbons (Fsp3) is 0.545. The summed E-state index contributed by atoms with van der Waals surface area (Å²) in [5, 5.41) is 12.0. The number of aromatic amines is 1. The SMILES string of the molecule is COCCn1c(=O)n(CCCn2nnc(CC3C=CC=CC3(C)C(F)(F)F)n2)c(=O)c2[nH]c(C)nc21. The first-order valence-electron chi connectivity index (χ1n) is 11.4. The Kier molecular flexibility index (Phi) is 6.98. The lowest BCUT2D eigenvalue weighted by Crippen LogP contribution is -2.41. The minimum atomic E-state index is -4.42. The van der Waals surface area contributed by atoms with Gasteiger partial charge in [0.25, 0.3) is 5.56 Å². The summed E-state index contributed by atoms with van der Waals surface area (Å²) in [5.41, 5.74) is -2.52. The molecular formula is C22H27F3N8O3. The van der Waals surface area contributed by atoms with E-state index in [4.69, 9.17) is 4.74 Å². The molecule has 0 aliphatic heterocycles. The Labute approximate surface area is 203 Å². The summed E-state index contributed by atoms with van der Waals surface area (Å²) in [5.74, 6) is -0.174. The van der Waals surface area contributed by atoms with Gasteiger partial charge in [0, 0.05) is 26.0 Å². The average molecular weight is 509 g/mol. The summed E-state index contributed by atoms with van der Waals surface area (Å²) in [4.78, 5) is 34.3. The van der Waals surface area contributed by atoms with Crippen LogP contribution >= 0.6 is 0 Å². The predicted molar refractivity (Wildman–Crippen MR) is 123 cm³/mol. The van der Waals surface area contributed by atoms with Gasteiger partial charge >= 0.3 is 11.9 Å². The number of methoxy groups -OCH3 is 1. The van der Waals surface area contributed by atoms with E-state index in [9.17, 15) is 22.8 Å². The smallest absolute Gasteiger partial charge is 0.383 e. The van der Waals surface area contributed by atoms with E-state index >= 15 is 0 Å². The van der Waals surface area contributed by atoms with Crippen LogP contribution < -0.4 is 11.2 Å². The second-order valence-electron chi connectivity index (χ2n) is 8.89. The molecule has 0 saturated carbocycles. The third-order valence-corrected chi connectivity index (χ3v) is 6.41. The second-order valence-corrected chi connectivity index (χ2v) is 8.89. The molecule has 1 N–H and O–H groups in total. The van der Waals surface area contributed by atoms with Crippen LogP contribution in [0, 0.1) is 18.3 Å². The van der Waals surface area contributed by atoms with Gasteiger partial charge in [0.05, 0.1) is 25.1 Å². The highest BCUT2D eigenvalue weighted by Gasteiger charge is 2.54. The van der Waals surface area contributed by atoms with Crippen LogP contribution in [0.25, 0.3) is 11.2 Å². The van der Waals surface area contributed by atoms with Gasteiger partial charge in [-0.15, -0.1) is 10.2 Å². The standard InChI is InChI=1S/C22H27F3N8O3/c1-14-26-17-18(27-14)31(11-12-36-3)20(35)32(19(17)34)9-6-10-33-29-16(28-30-33)13-15-7-4-5-8-21(15,2)22(23,24)25/h4-5,7-8,15H,6,9-13H2,1-3H3,(H,26,27). The zero-order valence-electron chi connectivity index (χ0n) is 20.1. The van der Waals surface area contributed by atoms with E-state index in [2.05, 4.69) is 25.4 Å². The van der Waals surface area contributed by atoms with Gasteiger partial charge in [0.15, 0.2) is 11.5 Å². The fourth-order valence-corrected chi connectivity index (χ4v) is 4.25. The molecule has 2 unspecified atom stereocenters. The van der Waals surface area contributed by atoms with E-state index < -0.39 is 28.8 Å². The number of nitrogens with zero attached hydrogens (tertiary/aromatic N) is 7. The molecule has 2 atom stereocenters. The highest BCUT2D eigenvalue weighted by molar-refractivity contribution is 5.69. The molecule has 1 aliphatic rings. The van der Waals surface area contributed by atoms with E-state index in [1.54, 1.807) is 13.0 Å². The number of hydrogen-bond donors (Lipinski definition) is 1. The van der Waals surface area contributed by atoms with Crippen molar-refractivity contribution in [3.8, 4) is 0 Å². The van der Waals surface area contributed by atoms with Crippen molar-refractivity contribution in [2.45, 2.75) is 52.5 Å².